The van der Waals surface area contributed by atoms with Crippen molar-refractivity contribution < 1.29 is 4.79 Å². The predicted molar refractivity (Wildman–Crippen MR) is 82.9 cm³/mol. The van der Waals surface area contributed by atoms with Gasteiger partial charge in [0.25, 0.3) is 0 Å². The highest BCUT2D eigenvalue weighted by atomic mass is 32.1. The van der Waals surface area contributed by atoms with Crippen LogP contribution in [0.2, 0.25) is 0 Å². The Balaban J connectivity index is 1.92. The molecule has 1 fully saturated rings. The summed E-state index contributed by atoms with van der Waals surface area (Å²) < 4.78 is 0. The first kappa shape index (κ1) is 13.1. The number of carbonyl (C=O) groups excluding carboxylic acids is 1. The van der Waals surface area contributed by atoms with Crippen molar-refractivity contribution in [2.24, 2.45) is 5.92 Å². The fraction of sp³-hybridized carbons (Fsp3) is 0.250. The Labute approximate surface area is 122 Å². The summed E-state index contributed by atoms with van der Waals surface area (Å²) in [5, 5.41) is 3.10. The van der Waals surface area contributed by atoms with Gasteiger partial charge in [0.15, 0.2) is 0 Å². The topological polar surface area (TPSA) is 33.2 Å². The van der Waals surface area contributed by atoms with Crippen LogP contribution in [0.25, 0.3) is 11.3 Å². The molecular weight excluding hydrogens is 268 g/mol. The van der Waals surface area contributed by atoms with Crippen LogP contribution in [0, 0.1) is 12.8 Å². The summed E-state index contributed by atoms with van der Waals surface area (Å²) in [4.78, 5) is 18.4. The van der Waals surface area contributed by atoms with Crippen molar-refractivity contribution in [3.8, 4) is 11.3 Å². The summed E-state index contributed by atoms with van der Waals surface area (Å²) in [7, 11) is 0. The molecule has 0 N–H and O–H groups in total. The third kappa shape index (κ3) is 2.39. The van der Waals surface area contributed by atoms with Crippen LogP contribution in [0.15, 0.2) is 42.3 Å². The third-order valence-electron chi connectivity index (χ3n) is 3.56. The predicted octanol–water partition coefficient (Wildman–Crippen LogP) is 3.66. The minimum atomic E-state index is 0.168. The second-order valence-electron chi connectivity index (χ2n) is 5.01. The summed E-state index contributed by atoms with van der Waals surface area (Å²) >= 11 is 1.64. The van der Waals surface area contributed by atoms with E-state index in [9.17, 15) is 4.79 Å². The number of anilines is 1. The molecule has 1 aromatic heterocycles. The number of aryl methyl sites for hydroxylation is 1. The molecule has 0 aliphatic carbocycles. The zero-order chi connectivity index (χ0) is 14.1. The summed E-state index contributed by atoms with van der Waals surface area (Å²) in [6, 6.07) is 8.03. The van der Waals surface area contributed by atoms with Gasteiger partial charge in [-0.3, -0.25) is 4.79 Å². The number of hydrogen-bond acceptors (Lipinski definition) is 3. The average molecular weight is 284 g/mol. The first-order valence-corrected chi connectivity index (χ1v) is 7.51. The number of nitrogens with zero attached hydrogens (tertiary/aromatic N) is 2. The van der Waals surface area contributed by atoms with E-state index in [-0.39, 0.29) is 11.8 Å². The molecule has 1 aliphatic heterocycles. The number of carbonyl (C=O) groups is 1. The minimum absolute atomic E-state index is 0.168. The van der Waals surface area contributed by atoms with Crippen molar-refractivity contribution in [1.29, 1.82) is 0 Å². The van der Waals surface area contributed by atoms with Crippen LogP contribution < -0.4 is 4.90 Å². The molecule has 0 radical (unpaired) electrons. The molecule has 3 rings (SSSR count). The molecule has 0 saturated carbocycles. The van der Waals surface area contributed by atoms with Gasteiger partial charge in [0.2, 0.25) is 5.91 Å². The van der Waals surface area contributed by atoms with Crippen LogP contribution in [-0.2, 0) is 4.79 Å². The Morgan fingerprint density at radius 3 is 3.00 bits per heavy atom. The van der Waals surface area contributed by atoms with Crippen molar-refractivity contribution in [2.75, 3.05) is 11.4 Å². The molecule has 2 aromatic rings. The van der Waals surface area contributed by atoms with Gasteiger partial charge in [-0.1, -0.05) is 18.2 Å². The Morgan fingerprint density at radius 2 is 2.35 bits per heavy atom. The van der Waals surface area contributed by atoms with E-state index in [1.807, 2.05) is 47.5 Å². The smallest absolute Gasteiger partial charge is 0.227 e. The highest BCUT2D eigenvalue weighted by Gasteiger charge is 2.28. The number of amides is 1. The van der Waals surface area contributed by atoms with Gasteiger partial charge in [0.1, 0.15) is 0 Å². The van der Waals surface area contributed by atoms with E-state index < -0.39 is 0 Å². The minimum Gasteiger partial charge on any atom is -0.312 e. The monoisotopic (exact) mass is 284 g/mol. The standard InChI is InChI=1S/C16H16N2OS/c1-3-12-7-16(19)18(9-12)14-6-4-5-13(8-14)15-10-20-11(2)17-15/h3-6,8,10,12H,1,7,9H2,2H3. The largest absolute Gasteiger partial charge is 0.312 e. The Morgan fingerprint density at radius 1 is 1.50 bits per heavy atom. The lowest BCUT2D eigenvalue weighted by molar-refractivity contribution is -0.117. The zero-order valence-corrected chi connectivity index (χ0v) is 12.2. The highest BCUT2D eigenvalue weighted by Crippen LogP contribution is 2.29. The molecule has 0 spiro atoms. The van der Waals surface area contributed by atoms with Crippen LogP contribution in [0.5, 0.6) is 0 Å². The third-order valence-corrected chi connectivity index (χ3v) is 4.33. The van der Waals surface area contributed by atoms with Crippen molar-refractivity contribution in [3.63, 3.8) is 0 Å². The molecule has 20 heavy (non-hydrogen) atoms. The molecule has 1 saturated heterocycles. The molecule has 2 heterocycles. The quantitative estimate of drug-likeness (QED) is 0.806. The summed E-state index contributed by atoms with van der Waals surface area (Å²) in [5.41, 5.74) is 2.98. The number of benzene rings is 1. The Bertz CT molecular complexity index is 662. The SMILES string of the molecule is C=CC1CC(=O)N(c2cccc(-c3csc(C)n3)c2)C1. The number of hydrogen-bond donors (Lipinski definition) is 0. The van der Waals surface area contributed by atoms with Crippen molar-refractivity contribution in [3.05, 3.63) is 47.3 Å². The maximum Gasteiger partial charge on any atom is 0.227 e. The Kier molecular flexibility index (Phi) is 3.40. The highest BCUT2D eigenvalue weighted by molar-refractivity contribution is 7.09. The van der Waals surface area contributed by atoms with E-state index in [4.69, 9.17) is 0 Å². The van der Waals surface area contributed by atoms with Gasteiger partial charge in [-0.05, 0) is 19.1 Å². The maximum absolute atomic E-state index is 12.1. The van der Waals surface area contributed by atoms with Gasteiger partial charge in [-0.2, -0.15) is 0 Å². The molecule has 1 aromatic carbocycles. The molecular formula is C16H16N2OS. The van der Waals surface area contributed by atoms with Crippen molar-refractivity contribution in [2.45, 2.75) is 13.3 Å². The number of rotatable bonds is 3. The first-order chi connectivity index (χ1) is 9.67. The van der Waals surface area contributed by atoms with E-state index in [1.165, 1.54) is 0 Å². The van der Waals surface area contributed by atoms with Gasteiger partial charge in [0.05, 0.1) is 10.7 Å². The van der Waals surface area contributed by atoms with Crippen LogP contribution in [0.4, 0.5) is 5.69 Å². The molecule has 1 atom stereocenters. The lowest BCUT2D eigenvalue weighted by atomic mass is 10.1. The molecule has 1 unspecified atom stereocenters. The molecule has 3 nitrogen and oxygen atoms in total. The normalized spacial score (nSPS) is 18.6. The lowest BCUT2D eigenvalue weighted by Gasteiger charge is -2.16. The second kappa shape index (κ2) is 5.21. The van der Waals surface area contributed by atoms with Gasteiger partial charge in [0, 0.05) is 35.5 Å². The van der Waals surface area contributed by atoms with Crippen molar-refractivity contribution in [1.82, 2.24) is 4.98 Å². The molecule has 1 amide bonds. The van der Waals surface area contributed by atoms with E-state index in [0.717, 1.165) is 28.5 Å². The van der Waals surface area contributed by atoms with Crippen LogP contribution in [0.3, 0.4) is 0 Å². The molecule has 1 aliphatic rings. The zero-order valence-electron chi connectivity index (χ0n) is 11.4. The fourth-order valence-electron chi connectivity index (χ4n) is 2.47. The van der Waals surface area contributed by atoms with Gasteiger partial charge in [-0.25, -0.2) is 4.98 Å². The van der Waals surface area contributed by atoms with Crippen LogP contribution in [-0.4, -0.2) is 17.4 Å². The van der Waals surface area contributed by atoms with E-state index >= 15 is 0 Å². The van der Waals surface area contributed by atoms with Gasteiger partial charge in [-0.15, -0.1) is 17.9 Å². The Hall–Kier alpha value is -1.94. The summed E-state index contributed by atoms with van der Waals surface area (Å²) in [6.45, 7) is 6.51. The van der Waals surface area contributed by atoms with Crippen LogP contribution in [0.1, 0.15) is 11.4 Å². The number of thiazole rings is 1. The van der Waals surface area contributed by atoms with Crippen LogP contribution >= 0.6 is 11.3 Å². The average Bonchev–Trinajstić information content (AvgIpc) is 3.05. The van der Waals surface area contributed by atoms with Crippen molar-refractivity contribution >= 4 is 22.9 Å². The molecule has 0 bridgehead atoms. The maximum atomic E-state index is 12.1. The second-order valence-corrected chi connectivity index (χ2v) is 6.07. The number of aromatic nitrogens is 1. The van der Waals surface area contributed by atoms with Gasteiger partial charge >= 0.3 is 0 Å². The first-order valence-electron chi connectivity index (χ1n) is 6.63. The van der Waals surface area contributed by atoms with Gasteiger partial charge < -0.3 is 4.90 Å². The molecule has 102 valence electrons. The van der Waals surface area contributed by atoms with E-state index in [2.05, 4.69) is 11.6 Å². The summed E-state index contributed by atoms with van der Waals surface area (Å²) in [6.07, 6.45) is 2.43. The fourth-order valence-corrected chi connectivity index (χ4v) is 3.09. The van der Waals surface area contributed by atoms with E-state index in [0.29, 0.717) is 6.42 Å². The van der Waals surface area contributed by atoms with E-state index in [1.54, 1.807) is 11.3 Å². The molecule has 4 heteroatoms. The lowest BCUT2D eigenvalue weighted by Crippen LogP contribution is -2.24. The summed E-state index contributed by atoms with van der Waals surface area (Å²) in [5.74, 6) is 0.425.